The second kappa shape index (κ2) is 14.8. The number of methoxy groups -OCH3 is 1. The van der Waals surface area contributed by atoms with Crippen molar-refractivity contribution >= 4 is 75.9 Å². The Balaban J connectivity index is 1.08. The number of nitrogens with two attached hydrogens (primary N) is 1. The maximum absolute atomic E-state index is 14.5. The number of hydrogen-bond donors (Lipinski definition) is 4. The molecule has 2 saturated heterocycles. The number of benzene rings is 2. The minimum atomic E-state index is -0.924. The predicted octanol–water partition coefficient (Wildman–Crippen LogP) is 6.95. The molecule has 3 fully saturated rings. The molecule has 3 aromatic heterocycles. The number of nitrogens with zero attached hydrogens (tertiary/aromatic N) is 7. The van der Waals surface area contributed by atoms with E-state index >= 15 is 0 Å². The summed E-state index contributed by atoms with van der Waals surface area (Å²) in [4.78, 5) is 31.4. The summed E-state index contributed by atoms with van der Waals surface area (Å²) >= 11 is 0. The highest BCUT2D eigenvalue weighted by atomic mass is 31.1. The van der Waals surface area contributed by atoms with Crippen LogP contribution in [-0.4, -0.2) is 102 Å². The molecular weight excluding hydrogens is 700 g/mol. The first-order valence-corrected chi connectivity index (χ1v) is 21.0. The molecule has 54 heavy (non-hydrogen) atoms. The van der Waals surface area contributed by atoms with Gasteiger partial charge in [0.2, 0.25) is 5.95 Å². The molecule has 1 spiro atoms. The number of fused-ring (bicyclic) bond motifs is 2. The van der Waals surface area contributed by atoms with Crippen molar-refractivity contribution in [1.82, 2.24) is 29.8 Å². The second-order valence-corrected chi connectivity index (χ2v) is 17.4. The summed E-state index contributed by atoms with van der Waals surface area (Å²) < 4.78 is 20.5. The first kappa shape index (κ1) is 36.1. The number of aliphatic imine (C=N–C) groups is 1. The number of anilines is 5. The van der Waals surface area contributed by atoms with Gasteiger partial charge in [-0.25, -0.2) is 4.39 Å². The zero-order chi connectivity index (χ0) is 37.5. The summed E-state index contributed by atoms with van der Waals surface area (Å²) in [5.41, 5.74) is 12.5. The molecule has 0 radical (unpaired) electrons. The van der Waals surface area contributed by atoms with Crippen molar-refractivity contribution in [1.29, 1.82) is 0 Å². The molecule has 5 N–H and O–H groups in total. The number of hydrogen-bond acceptors (Lipinski definition) is 11. The Morgan fingerprint density at radius 1 is 1.00 bits per heavy atom. The molecule has 282 valence electrons. The van der Waals surface area contributed by atoms with Crippen molar-refractivity contribution in [3.63, 3.8) is 0 Å². The van der Waals surface area contributed by atoms with E-state index in [9.17, 15) is 4.39 Å². The van der Waals surface area contributed by atoms with E-state index in [1.165, 1.54) is 0 Å². The van der Waals surface area contributed by atoms with Crippen LogP contribution in [0.1, 0.15) is 44.1 Å². The van der Waals surface area contributed by atoms with Crippen molar-refractivity contribution in [3.8, 4) is 5.75 Å². The summed E-state index contributed by atoms with van der Waals surface area (Å²) in [5.74, 6) is 1.72. The Hall–Kier alpha value is -4.87. The molecule has 0 unspecified atom stereocenters. The van der Waals surface area contributed by atoms with Crippen LogP contribution in [0.5, 0.6) is 5.75 Å². The van der Waals surface area contributed by atoms with E-state index < -0.39 is 13.6 Å². The molecule has 2 aromatic carbocycles. The molecule has 0 atom stereocenters. The molecule has 1 saturated carbocycles. The Morgan fingerprint density at radius 3 is 2.46 bits per heavy atom. The zero-order valence-electron chi connectivity index (χ0n) is 31.5. The van der Waals surface area contributed by atoms with Crippen LogP contribution in [0.4, 0.5) is 33.2 Å². The Labute approximate surface area is 316 Å². The summed E-state index contributed by atoms with van der Waals surface area (Å²) in [6, 6.07) is 10.1. The first-order valence-electron chi connectivity index (χ1n) is 18.7. The second-order valence-electron chi connectivity index (χ2n) is 15.2. The molecule has 12 nitrogen and oxygen atoms in total. The van der Waals surface area contributed by atoms with Gasteiger partial charge in [-0.1, -0.05) is 7.92 Å². The Morgan fingerprint density at radius 2 is 1.76 bits per heavy atom. The lowest BCUT2D eigenvalue weighted by atomic mass is 9.71. The molecular formula is C40H49FN11OP. The molecule has 1 aliphatic carbocycles. The fraction of sp³-hybridized carbons (Fsp3) is 0.425. The number of H-pyrrole nitrogens is 1. The van der Waals surface area contributed by atoms with E-state index in [-0.39, 0.29) is 0 Å². The third-order valence-electron chi connectivity index (χ3n) is 11.4. The number of allylic oxidation sites excluding steroid dienone is 1. The van der Waals surface area contributed by atoms with Gasteiger partial charge in [-0.05, 0) is 94.6 Å². The normalized spacial score (nSPS) is 18.6. The van der Waals surface area contributed by atoms with Crippen LogP contribution in [-0.2, 0) is 0 Å². The quantitative estimate of drug-likeness (QED) is 0.0827. The van der Waals surface area contributed by atoms with Crippen molar-refractivity contribution in [2.75, 3.05) is 75.7 Å². The van der Waals surface area contributed by atoms with Gasteiger partial charge < -0.3 is 35.9 Å². The highest BCUT2D eigenvalue weighted by Crippen LogP contribution is 2.47. The van der Waals surface area contributed by atoms with Crippen molar-refractivity contribution in [3.05, 3.63) is 60.7 Å². The number of piperidine rings is 2. The topological polar surface area (TPSA) is 146 Å². The Bertz CT molecular complexity index is 2210. The maximum Gasteiger partial charge on any atom is 0.231 e. The Kier molecular flexibility index (Phi) is 9.87. The summed E-state index contributed by atoms with van der Waals surface area (Å²) in [6.45, 7) is 8.84. The summed E-state index contributed by atoms with van der Waals surface area (Å²) in [7, 11) is 2.90. The van der Waals surface area contributed by atoms with Crippen molar-refractivity contribution in [2.24, 2.45) is 16.1 Å². The van der Waals surface area contributed by atoms with E-state index in [4.69, 9.17) is 20.4 Å². The van der Waals surface area contributed by atoms with Gasteiger partial charge in [0.05, 0.1) is 29.2 Å². The van der Waals surface area contributed by atoms with Gasteiger partial charge in [0, 0.05) is 91.6 Å². The van der Waals surface area contributed by atoms with Crippen LogP contribution in [0.2, 0.25) is 0 Å². The maximum atomic E-state index is 14.5. The van der Waals surface area contributed by atoms with E-state index in [1.807, 2.05) is 24.4 Å². The van der Waals surface area contributed by atoms with Crippen molar-refractivity contribution in [2.45, 2.75) is 44.2 Å². The van der Waals surface area contributed by atoms with E-state index in [1.54, 1.807) is 39.0 Å². The fourth-order valence-electron chi connectivity index (χ4n) is 8.19. The number of aromatic nitrogens is 5. The minimum Gasteiger partial charge on any atom is -0.494 e. The largest absolute Gasteiger partial charge is 0.494 e. The predicted molar refractivity (Wildman–Crippen MR) is 221 cm³/mol. The lowest BCUT2D eigenvalue weighted by Crippen LogP contribution is -2.48. The smallest absolute Gasteiger partial charge is 0.231 e. The molecule has 14 heteroatoms. The number of likely N-dealkylation sites (tertiary alicyclic amines) is 1. The number of aromatic amines is 1. The number of nitrogens with one attached hydrogen (secondary N) is 3. The highest BCUT2D eigenvalue weighted by Gasteiger charge is 2.46. The van der Waals surface area contributed by atoms with Crippen LogP contribution in [0.25, 0.3) is 27.6 Å². The molecule has 0 bridgehead atoms. The zero-order valence-corrected chi connectivity index (χ0v) is 32.4. The third kappa shape index (κ3) is 7.19. The monoisotopic (exact) mass is 749 g/mol. The standard InChI is InChI=1S/C40H49FN11OP/c1-43-24-26(23-42)28-21-31(33(53-2)22-32(28)52-19-12-39(13-20-52)10-17-51(18-11-39)25-40(41)8-9-40)48-38-49-36-27(7-14-46-36)37(50-38)47-30-6-5-29-34(35(30)54(3)4)45-16-15-44-29/h5-7,14-16,21-24H,8-13,17-20,25,42H2,1-4H3,(H3,46,47,48,49,50). The van der Waals surface area contributed by atoms with Gasteiger partial charge >= 0.3 is 0 Å². The molecule has 2 aliphatic heterocycles. The van der Waals surface area contributed by atoms with Crippen LogP contribution >= 0.6 is 7.92 Å². The molecule has 0 amide bonds. The van der Waals surface area contributed by atoms with Crippen LogP contribution in [0.3, 0.4) is 0 Å². The lowest BCUT2D eigenvalue weighted by Gasteiger charge is -2.48. The summed E-state index contributed by atoms with van der Waals surface area (Å²) in [5, 5.41) is 9.08. The molecule has 5 heterocycles. The number of alkyl halides is 1. The first-order chi connectivity index (χ1) is 26.2. The van der Waals surface area contributed by atoms with E-state index in [2.05, 4.69) is 65.8 Å². The van der Waals surface area contributed by atoms with Gasteiger partial charge in [0.25, 0.3) is 0 Å². The lowest BCUT2D eigenvalue weighted by molar-refractivity contribution is 0.0606. The number of ether oxygens (including phenoxy) is 1. The third-order valence-corrected chi connectivity index (χ3v) is 12.8. The SMILES string of the molecule is CN=CC(=CN)c1cc(Nc2nc(Nc3ccc4nccnc4c3P(C)C)c3cc[nH]c3n2)c(OC)cc1N1CCC2(CCN(CC3(F)CC3)CC2)CC1. The average molecular weight is 750 g/mol. The van der Waals surface area contributed by atoms with Crippen LogP contribution in [0.15, 0.2) is 60.1 Å². The molecule has 8 rings (SSSR count). The van der Waals surface area contributed by atoms with Crippen LogP contribution < -0.4 is 31.3 Å². The van der Waals surface area contributed by atoms with Gasteiger partial charge in [0.15, 0.2) is 0 Å². The van der Waals surface area contributed by atoms with Crippen LogP contribution in [0, 0.1) is 5.41 Å². The number of halogens is 1. The van der Waals surface area contributed by atoms with E-state index in [0.717, 1.165) is 109 Å². The average Bonchev–Trinajstić information content (AvgIpc) is 3.71. The van der Waals surface area contributed by atoms with E-state index in [0.29, 0.717) is 40.8 Å². The fourth-order valence-corrected chi connectivity index (χ4v) is 9.40. The van der Waals surface area contributed by atoms with Gasteiger partial charge in [0.1, 0.15) is 22.9 Å². The highest BCUT2D eigenvalue weighted by molar-refractivity contribution is 7.65. The van der Waals surface area contributed by atoms with Gasteiger partial charge in [-0.3, -0.25) is 15.0 Å². The minimum absolute atomic E-state index is 0.305. The van der Waals surface area contributed by atoms with Gasteiger partial charge in [-0.15, -0.1) is 0 Å². The number of rotatable bonds is 11. The summed E-state index contributed by atoms with van der Waals surface area (Å²) in [6.07, 6.45) is 14.6. The van der Waals surface area contributed by atoms with Gasteiger partial charge in [-0.2, -0.15) is 9.97 Å². The molecule has 5 aromatic rings. The van der Waals surface area contributed by atoms with Crippen molar-refractivity contribution < 1.29 is 9.13 Å². The molecule has 3 aliphatic rings.